The van der Waals surface area contributed by atoms with Crippen molar-refractivity contribution in [2.24, 2.45) is 0 Å². The predicted octanol–water partition coefficient (Wildman–Crippen LogP) is 3.91. The van der Waals surface area contributed by atoms with E-state index in [4.69, 9.17) is 9.72 Å². The summed E-state index contributed by atoms with van der Waals surface area (Å²) in [6.07, 6.45) is 5.97. The largest absolute Gasteiger partial charge is 0.383 e. The Morgan fingerprint density at radius 2 is 2.04 bits per heavy atom. The Morgan fingerprint density at radius 1 is 1.22 bits per heavy atom. The molecule has 0 N–H and O–H groups in total. The number of imidazole rings is 1. The molecule has 142 valence electrons. The van der Waals surface area contributed by atoms with Crippen LogP contribution in [-0.4, -0.2) is 41.3 Å². The number of halogens is 1. The van der Waals surface area contributed by atoms with E-state index < -0.39 is 0 Å². The number of nitrogens with zero attached hydrogens (tertiary/aromatic N) is 4. The van der Waals surface area contributed by atoms with Gasteiger partial charge < -0.3 is 14.2 Å². The van der Waals surface area contributed by atoms with Crippen LogP contribution in [0.1, 0.15) is 30.1 Å². The number of hydrogen-bond donors (Lipinski definition) is 0. The Labute approximate surface area is 158 Å². The van der Waals surface area contributed by atoms with Gasteiger partial charge in [0.2, 0.25) is 0 Å². The number of aryl methyl sites for hydroxylation is 1. The van der Waals surface area contributed by atoms with Gasteiger partial charge in [0.25, 0.3) is 0 Å². The van der Waals surface area contributed by atoms with Crippen molar-refractivity contribution >= 4 is 16.7 Å². The standard InChI is InChI=1S/C21H25FN4O/c1-15-13-20(24-19-14-17(22)3-4-18(15)19)25-8-5-16(6-9-25)21-23-7-10-26(21)11-12-27-2/h3-4,7,10,13-14,16H,5-6,8-9,11-12H2,1-2H3. The Morgan fingerprint density at radius 3 is 2.81 bits per heavy atom. The van der Waals surface area contributed by atoms with E-state index in [1.165, 1.54) is 12.1 Å². The number of ether oxygens (including phenoxy) is 1. The fraction of sp³-hybridized carbons (Fsp3) is 0.429. The van der Waals surface area contributed by atoms with E-state index >= 15 is 0 Å². The summed E-state index contributed by atoms with van der Waals surface area (Å²) >= 11 is 0. The maximum atomic E-state index is 13.6. The minimum Gasteiger partial charge on any atom is -0.383 e. The molecule has 0 bridgehead atoms. The number of fused-ring (bicyclic) bond motifs is 1. The molecular formula is C21H25FN4O. The molecule has 0 radical (unpaired) electrons. The van der Waals surface area contributed by atoms with Crippen LogP contribution >= 0.6 is 0 Å². The Kier molecular flexibility index (Phi) is 5.07. The summed E-state index contributed by atoms with van der Waals surface area (Å²) in [5, 5.41) is 1.01. The summed E-state index contributed by atoms with van der Waals surface area (Å²) in [6, 6.07) is 6.93. The molecule has 1 fully saturated rings. The van der Waals surface area contributed by atoms with Crippen molar-refractivity contribution in [2.45, 2.75) is 32.2 Å². The molecule has 1 saturated heterocycles. The van der Waals surface area contributed by atoms with Gasteiger partial charge in [-0.25, -0.2) is 14.4 Å². The van der Waals surface area contributed by atoms with Crippen molar-refractivity contribution in [3.8, 4) is 0 Å². The predicted molar refractivity (Wildman–Crippen MR) is 105 cm³/mol. The van der Waals surface area contributed by atoms with E-state index in [1.54, 1.807) is 7.11 Å². The number of pyridine rings is 1. The van der Waals surface area contributed by atoms with Crippen molar-refractivity contribution in [3.63, 3.8) is 0 Å². The van der Waals surface area contributed by atoms with Crippen molar-refractivity contribution in [3.05, 3.63) is 53.9 Å². The molecule has 1 aliphatic rings. The summed E-state index contributed by atoms with van der Waals surface area (Å²) in [4.78, 5) is 11.6. The molecule has 3 heterocycles. The van der Waals surface area contributed by atoms with Crippen molar-refractivity contribution in [2.75, 3.05) is 31.7 Å². The lowest BCUT2D eigenvalue weighted by Gasteiger charge is -2.33. The van der Waals surface area contributed by atoms with Crippen LogP contribution in [0.5, 0.6) is 0 Å². The fourth-order valence-corrected chi connectivity index (χ4v) is 3.95. The topological polar surface area (TPSA) is 43.2 Å². The van der Waals surface area contributed by atoms with Gasteiger partial charge in [0.15, 0.2) is 0 Å². The number of anilines is 1. The zero-order valence-electron chi connectivity index (χ0n) is 15.9. The van der Waals surface area contributed by atoms with Crippen molar-refractivity contribution in [1.29, 1.82) is 0 Å². The third-order valence-corrected chi connectivity index (χ3v) is 5.43. The molecule has 0 amide bonds. The van der Waals surface area contributed by atoms with Crippen LogP contribution in [0.2, 0.25) is 0 Å². The summed E-state index contributed by atoms with van der Waals surface area (Å²) in [7, 11) is 1.72. The number of piperidine rings is 1. The lowest BCUT2D eigenvalue weighted by atomic mass is 9.95. The van der Waals surface area contributed by atoms with E-state index in [1.807, 2.05) is 18.5 Å². The van der Waals surface area contributed by atoms with E-state index in [-0.39, 0.29) is 5.82 Å². The van der Waals surface area contributed by atoms with Gasteiger partial charge in [-0.1, -0.05) is 0 Å². The zero-order valence-corrected chi connectivity index (χ0v) is 15.9. The van der Waals surface area contributed by atoms with Gasteiger partial charge in [0.1, 0.15) is 17.5 Å². The maximum Gasteiger partial charge on any atom is 0.129 e. The molecule has 27 heavy (non-hydrogen) atoms. The molecule has 4 rings (SSSR count). The molecule has 6 heteroatoms. The molecule has 0 aliphatic carbocycles. The SMILES string of the molecule is COCCn1ccnc1C1CCN(c2cc(C)c3ccc(F)cc3n2)CC1. The summed E-state index contributed by atoms with van der Waals surface area (Å²) in [5.74, 6) is 2.29. The first kappa shape index (κ1) is 17.9. The summed E-state index contributed by atoms with van der Waals surface area (Å²) in [6.45, 7) is 5.44. The highest BCUT2D eigenvalue weighted by Gasteiger charge is 2.25. The van der Waals surface area contributed by atoms with Crippen molar-refractivity contribution < 1.29 is 9.13 Å². The molecular weight excluding hydrogens is 343 g/mol. The molecule has 1 aliphatic heterocycles. The fourth-order valence-electron chi connectivity index (χ4n) is 3.95. The molecule has 0 spiro atoms. The van der Waals surface area contributed by atoms with Gasteiger partial charge in [-0.15, -0.1) is 0 Å². The highest BCUT2D eigenvalue weighted by atomic mass is 19.1. The van der Waals surface area contributed by atoms with Crippen LogP contribution in [-0.2, 0) is 11.3 Å². The number of methoxy groups -OCH3 is 1. The smallest absolute Gasteiger partial charge is 0.129 e. The lowest BCUT2D eigenvalue weighted by Crippen LogP contribution is -2.34. The van der Waals surface area contributed by atoms with Crippen LogP contribution in [0.3, 0.4) is 0 Å². The summed E-state index contributed by atoms with van der Waals surface area (Å²) in [5.41, 5.74) is 1.86. The minimum atomic E-state index is -0.242. The minimum absolute atomic E-state index is 0.242. The molecule has 5 nitrogen and oxygen atoms in total. The van der Waals surface area contributed by atoms with Crippen LogP contribution < -0.4 is 4.90 Å². The monoisotopic (exact) mass is 368 g/mol. The second kappa shape index (κ2) is 7.64. The normalized spacial score (nSPS) is 15.6. The average molecular weight is 368 g/mol. The van der Waals surface area contributed by atoms with Gasteiger partial charge in [0.05, 0.1) is 12.1 Å². The van der Waals surface area contributed by atoms with Crippen LogP contribution in [0, 0.1) is 12.7 Å². The van der Waals surface area contributed by atoms with Crippen LogP contribution in [0.15, 0.2) is 36.7 Å². The van der Waals surface area contributed by atoms with E-state index in [0.29, 0.717) is 12.5 Å². The summed E-state index contributed by atoms with van der Waals surface area (Å²) < 4.78 is 21.0. The maximum absolute atomic E-state index is 13.6. The molecule has 0 unspecified atom stereocenters. The van der Waals surface area contributed by atoms with E-state index in [2.05, 4.69) is 27.4 Å². The molecule has 2 aromatic heterocycles. The van der Waals surface area contributed by atoms with Gasteiger partial charge in [0, 0.05) is 56.5 Å². The second-order valence-electron chi connectivity index (χ2n) is 7.19. The quantitative estimate of drug-likeness (QED) is 0.685. The first-order valence-electron chi connectivity index (χ1n) is 9.47. The average Bonchev–Trinajstić information content (AvgIpc) is 3.14. The van der Waals surface area contributed by atoms with E-state index in [9.17, 15) is 4.39 Å². The van der Waals surface area contributed by atoms with Gasteiger partial charge in [-0.05, 0) is 43.5 Å². The van der Waals surface area contributed by atoms with Gasteiger partial charge in [-0.3, -0.25) is 0 Å². The van der Waals surface area contributed by atoms with Gasteiger partial charge in [-0.2, -0.15) is 0 Å². The Hall–Kier alpha value is -2.47. The molecule has 0 saturated carbocycles. The first-order valence-corrected chi connectivity index (χ1v) is 9.47. The third kappa shape index (κ3) is 3.67. The highest BCUT2D eigenvalue weighted by molar-refractivity contribution is 5.84. The lowest BCUT2D eigenvalue weighted by molar-refractivity contribution is 0.185. The Balaban J connectivity index is 1.50. The van der Waals surface area contributed by atoms with Gasteiger partial charge >= 0.3 is 0 Å². The van der Waals surface area contributed by atoms with Crippen LogP contribution in [0.4, 0.5) is 10.2 Å². The number of aromatic nitrogens is 3. The Bertz CT molecular complexity index is 931. The second-order valence-corrected chi connectivity index (χ2v) is 7.19. The van der Waals surface area contributed by atoms with E-state index in [0.717, 1.165) is 60.6 Å². The number of rotatable bonds is 5. The highest BCUT2D eigenvalue weighted by Crippen LogP contribution is 2.30. The first-order chi connectivity index (χ1) is 13.2. The molecule has 0 atom stereocenters. The van der Waals surface area contributed by atoms with Crippen molar-refractivity contribution in [1.82, 2.24) is 14.5 Å². The number of benzene rings is 1. The zero-order chi connectivity index (χ0) is 18.8. The third-order valence-electron chi connectivity index (χ3n) is 5.43. The van der Waals surface area contributed by atoms with Crippen LogP contribution in [0.25, 0.3) is 10.9 Å². The molecule has 1 aromatic carbocycles. The number of hydrogen-bond acceptors (Lipinski definition) is 4. The molecule has 3 aromatic rings.